The molecular weight excluding hydrogens is 266 g/mol. The maximum atomic E-state index is 5.81. The first-order chi connectivity index (χ1) is 10.3. The van der Waals surface area contributed by atoms with Crippen molar-refractivity contribution < 1.29 is 14.2 Å². The molecule has 0 fully saturated rings. The van der Waals surface area contributed by atoms with Crippen molar-refractivity contribution in [2.75, 3.05) is 27.4 Å². The minimum atomic E-state index is 0.216. The molecule has 2 rings (SSSR count). The van der Waals surface area contributed by atoms with E-state index in [1.165, 1.54) is 5.56 Å². The molecular formula is C17H25NO3. The monoisotopic (exact) mass is 291 g/mol. The highest BCUT2D eigenvalue weighted by Gasteiger charge is 2.18. The quantitative estimate of drug-likeness (QED) is 0.838. The van der Waals surface area contributed by atoms with Crippen molar-refractivity contribution in [1.29, 1.82) is 0 Å². The molecule has 1 N–H and O–H groups in total. The van der Waals surface area contributed by atoms with Gasteiger partial charge in [0, 0.05) is 0 Å². The number of methoxy groups -OCH3 is 2. The molecule has 0 saturated carbocycles. The molecule has 21 heavy (non-hydrogen) atoms. The first kappa shape index (κ1) is 15.7. The molecule has 4 heteroatoms. The summed E-state index contributed by atoms with van der Waals surface area (Å²) in [6.07, 6.45) is 5.29. The van der Waals surface area contributed by atoms with E-state index in [1.54, 1.807) is 14.2 Å². The van der Waals surface area contributed by atoms with Gasteiger partial charge in [-0.2, -0.15) is 0 Å². The molecule has 116 valence electrons. The standard InChI is InChI=1S/C17H25NO3/c1-4-18-14(15-7-5-6-10-21-15)11-13-8-9-16(19-2)17(12-13)20-3/h7-9,12,14,18H,4-6,10-11H2,1-3H3. The average Bonchev–Trinajstić information content (AvgIpc) is 2.55. The lowest BCUT2D eigenvalue weighted by Crippen LogP contribution is -2.34. The van der Waals surface area contributed by atoms with Crippen molar-refractivity contribution >= 4 is 0 Å². The molecule has 0 aliphatic carbocycles. The van der Waals surface area contributed by atoms with Crippen LogP contribution in [0.3, 0.4) is 0 Å². The molecule has 1 aliphatic heterocycles. The maximum Gasteiger partial charge on any atom is 0.160 e. The van der Waals surface area contributed by atoms with E-state index in [0.29, 0.717) is 0 Å². The van der Waals surface area contributed by atoms with Gasteiger partial charge in [-0.25, -0.2) is 0 Å². The fourth-order valence-corrected chi connectivity index (χ4v) is 2.58. The summed E-state index contributed by atoms with van der Waals surface area (Å²) in [7, 11) is 3.32. The molecule has 0 radical (unpaired) electrons. The van der Waals surface area contributed by atoms with Gasteiger partial charge in [-0.05, 0) is 49.6 Å². The lowest BCUT2D eigenvalue weighted by molar-refractivity contribution is 0.167. The minimum absolute atomic E-state index is 0.216. The normalized spacial score (nSPS) is 15.9. The number of hydrogen-bond acceptors (Lipinski definition) is 4. The minimum Gasteiger partial charge on any atom is -0.497 e. The van der Waals surface area contributed by atoms with Crippen LogP contribution in [0.25, 0.3) is 0 Å². The Hall–Kier alpha value is -1.68. The van der Waals surface area contributed by atoms with E-state index in [1.807, 2.05) is 12.1 Å². The highest BCUT2D eigenvalue weighted by Crippen LogP contribution is 2.28. The smallest absolute Gasteiger partial charge is 0.160 e. The number of allylic oxidation sites excluding steroid dienone is 1. The van der Waals surface area contributed by atoms with E-state index in [4.69, 9.17) is 14.2 Å². The zero-order valence-electron chi connectivity index (χ0n) is 13.1. The molecule has 0 amide bonds. The topological polar surface area (TPSA) is 39.7 Å². The molecule has 0 bridgehead atoms. The summed E-state index contributed by atoms with van der Waals surface area (Å²) < 4.78 is 16.5. The predicted octanol–water partition coefficient (Wildman–Crippen LogP) is 2.92. The Bertz CT molecular complexity index is 485. The van der Waals surface area contributed by atoms with Crippen LogP contribution < -0.4 is 14.8 Å². The summed E-state index contributed by atoms with van der Waals surface area (Å²) in [4.78, 5) is 0. The number of ether oxygens (including phenoxy) is 3. The molecule has 1 aromatic rings. The number of nitrogens with one attached hydrogen (secondary N) is 1. The molecule has 0 saturated heterocycles. The Kier molecular flexibility index (Phi) is 5.93. The van der Waals surface area contributed by atoms with Crippen LogP contribution >= 0.6 is 0 Å². The van der Waals surface area contributed by atoms with E-state index in [9.17, 15) is 0 Å². The number of benzene rings is 1. The summed E-state index contributed by atoms with van der Waals surface area (Å²) in [5.74, 6) is 2.59. The third-order valence-corrected chi connectivity index (χ3v) is 3.64. The summed E-state index contributed by atoms with van der Waals surface area (Å²) in [6.45, 7) is 3.85. The van der Waals surface area contributed by atoms with Gasteiger partial charge in [-0.1, -0.05) is 13.0 Å². The fourth-order valence-electron chi connectivity index (χ4n) is 2.58. The molecule has 1 heterocycles. The lowest BCUT2D eigenvalue weighted by atomic mass is 10.0. The summed E-state index contributed by atoms with van der Waals surface area (Å²) >= 11 is 0. The van der Waals surface area contributed by atoms with Crippen molar-refractivity contribution in [1.82, 2.24) is 5.32 Å². The van der Waals surface area contributed by atoms with Gasteiger partial charge < -0.3 is 19.5 Å². The van der Waals surface area contributed by atoms with Gasteiger partial charge in [0.1, 0.15) is 5.76 Å². The molecule has 1 aliphatic rings. The van der Waals surface area contributed by atoms with E-state index in [-0.39, 0.29) is 6.04 Å². The Morgan fingerprint density at radius 3 is 2.67 bits per heavy atom. The van der Waals surface area contributed by atoms with Crippen LogP contribution in [0.15, 0.2) is 30.0 Å². The van der Waals surface area contributed by atoms with Crippen LogP contribution in [-0.2, 0) is 11.2 Å². The summed E-state index contributed by atoms with van der Waals surface area (Å²) in [6, 6.07) is 6.28. The van der Waals surface area contributed by atoms with Gasteiger partial charge in [-0.15, -0.1) is 0 Å². The first-order valence-electron chi connectivity index (χ1n) is 7.55. The van der Waals surface area contributed by atoms with Crippen LogP contribution in [0.4, 0.5) is 0 Å². The molecule has 1 unspecified atom stereocenters. The first-order valence-corrected chi connectivity index (χ1v) is 7.55. The zero-order chi connectivity index (χ0) is 15.1. The molecule has 4 nitrogen and oxygen atoms in total. The number of likely N-dealkylation sites (N-methyl/N-ethyl adjacent to an activating group) is 1. The number of rotatable bonds is 7. The second kappa shape index (κ2) is 7.93. The largest absolute Gasteiger partial charge is 0.497 e. The van der Waals surface area contributed by atoms with Crippen LogP contribution in [0.2, 0.25) is 0 Å². The van der Waals surface area contributed by atoms with E-state index in [2.05, 4.69) is 24.4 Å². The second-order valence-corrected chi connectivity index (χ2v) is 5.10. The third kappa shape index (κ3) is 4.14. The van der Waals surface area contributed by atoms with Gasteiger partial charge in [-0.3, -0.25) is 0 Å². The summed E-state index contributed by atoms with van der Waals surface area (Å²) in [5.41, 5.74) is 1.20. The highest BCUT2D eigenvalue weighted by atomic mass is 16.5. The third-order valence-electron chi connectivity index (χ3n) is 3.64. The Morgan fingerprint density at radius 2 is 2.05 bits per heavy atom. The number of hydrogen-bond donors (Lipinski definition) is 1. The van der Waals surface area contributed by atoms with Crippen LogP contribution in [-0.4, -0.2) is 33.4 Å². The van der Waals surface area contributed by atoms with Crippen molar-refractivity contribution in [3.63, 3.8) is 0 Å². The van der Waals surface area contributed by atoms with Crippen molar-refractivity contribution in [3.05, 3.63) is 35.6 Å². The molecule has 1 aromatic carbocycles. The average molecular weight is 291 g/mol. The van der Waals surface area contributed by atoms with Gasteiger partial charge in [0.25, 0.3) is 0 Å². The SMILES string of the molecule is CCNC(Cc1ccc(OC)c(OC)c1)C1=CCCCO1. The lowest BCUT2D eigenvalue weighted by Gasteiger charge is -2.24. The summed E-state index contributed by atoms with van der Waals surface area (Å²) in [5, 5.41) is 3.50. The van der Waals surface area contributed by atoms with Gasteiger partial charge in [0.05, 0.1) is 26.9 Å². The molecule has 1 atom stereocenters. The van der Waals surface area contributed by atoms with Crippen LogP contribution in [0.1, 0.15) is 25.3 Å². The predicted molar refractivity (Wildman–Crippen MR) is 84.0 cm³/mol. The van der Waals surface area contributed by atoms with Crippen LogP contribution in [0.5, 0.6) is 11.5 Å². The zero-order valence-corrected chi connectivity index (χ0v) is 13.1. The molecule has 0 aromatic heterocycles. The van der Waals surface area contributed by atoms with Crippen LogP contribution in [0, 0.1) is 0 Å². The Labute approximate surface area is 127 Å². The maximum absolute atomic E-state index is 5.81. The van der Waals surface area contributed by atoms with Gasteiger partial charge in [0.15, 0.2) is 11.5 Å². The fraction of sp³-hybridized carbons (Fsp3) is 0.529. The Morgan fingerprint density at radius 1 is 1.24 bits per heavy atom. The Balaban J connectivity index is 2.14. The van der Waals surface area contributed by atoms with Crippen molar-refractivity contribution in [2.24, 2.45) is 0 Å². The van der Waals surface area contributed by atoms with E-state index < -0.39 is 0 Å². The molecule has 0 spiro atoms. The van der Waals surface area contributed by atoms with Gasteiger partial charge >= 0.3 is 0 Å². The second-order valence-electron chi connectivity index (χ2n) is 5.10. The van der Waals surface area contributed by atoms with Crippen molar-refractivity contribution in [2.45, 2.75) is 32.2 Å². The van der Waals surface area contributed by atoms with Crippen molar-refractivity contribution in [3.8, 4) is 11.5 Å². The highest BCUT2D eigenvalue weighted by molar-refractivity contribution is 5.43. The van der Waals surface area contributed by atoms with Gasteiger partial charge in [0.2, 0.25) is 0 Å². The van der Waals surface area contributed by atoms with E-state index in [0.717, 1.165) is 49.7 Å². The van der Waals surface area contributed by atoms with E-state index >= 15 is 0 Å².